The minimum atomic E-state index is -0.219. The second-order valence-electron chi connectivity index (χ2n) is 6.30. The number of ether oxygens (including phenoxy) is 2. The van der Waals surface area contributed by atoms with Crippen LogP contribution in [-0.2, 0) is 9.53 Å². The molecule has 1 amide bonds. The van der Waals surface area contributed by atoms with Gasteiger partial charge in [0.2, 0.25) is 0 Å². The highest BCUT2D eigenvalue weighted by atomic mass is 16.5. The molecule has 0 unspecified atom stereocenters. The molecular weight excluding hydrogens is 308 g/mol. The van der Waals surface area contributed by atoms with Crippen molar-refractivity contribution in [3.8, 4) is 5.88 Å². The molecule has 2 aliphatic heterocycles. The van der Waals surface area contributed by atoms with Crippen molar-refractivity contribution < 1.29 is 14.3 Å². The Morgan fingerprint density at radius 1 is 1.33 bits per heavy atom. The number of hydrogen-bond acceptors (Lipinski definition) is 6. The van der Waals surface area contributed by atoms with E-state index in [-0.39, 0.29) is 18.1 Å². The molecule has 0 radical (unpaired) electrons. The molecule has 2 saturated heterocycles. The summed E-state index contributed by atoms with van der Waals surface area (Å²) >= 11 is 0. The lowest BCUT2D eigenvalue weighted by molar-refractivity contribution is -0.141. The molecule has 1 aromatic rings. The Labute approximate surface area is 142 Å². The Kier molecular flexibility index (Phi) is 5.85. The van der Waals surface area contributed by atoms with Crippen LogP contribution in [0.4, 0.5) is 5.82 Å². The number of aromatic nitrogens is 2. The summed E-state index contributed by atoms with van der Waals surface area (Å²) in [6.07, 6.45) is 7.64. The number of hydrogen-bond donors (Lipinski definition) is 1. The number of rotatable bonds is 6. The molecule has 0 aliphatic carbocycles. The molecule has 132 valence electrons. The average Bonchev–Trinajstić information content (AvgIpc) is 3.16. The highest BCUT2D eigenvalue weighted by Crippen LogP contribution is 2.23. The van der Waals surface area contributed by atoms with Gasteiger partial charge in [-0.15, -0.1) is 0 Å². The summed E-state index contributed by atoms with van der Waals surface area (Å²) in [7, 11) is 0. The highest BCUT2D eigenvalue weighted by Gasteiger charge is 2.31. The van der Waals surface area contributed by atoms with Crippen LogP contribution < -0.4 is 10.1 Å². The van der Waals surface area contributed by atoms with Crippen molar-refractivity contribution in [2.45, 2.75) is 51.2 Å². The maximum Gasteiger partial charge on any atom is 0.257 e. The minimum absolute atomic E-state index is 0.150. The average molecular weight is 334 g/mol. The van der Waals surface area contributed by atoms with Gasteiger partial charge in [-0.05, 0) is 32.1 Å². The van der Waals surface area contributed by atoms with Gasteiger partial charge in [0.15, 0.2) is 5.82 Å². The van der Waals surface area contributed by atoms with Gasteiger partial charge in [0, 0.05) is 38.1 Å². The van der Waals surface area contributed by atoms with E-state index in [1.165, 1.54) is 0 Å². The van der Waals surface area contributed by atoms with E-state index in [4.69, 9.17) is 9.47 Å². The number of nitrogens with one attached hydrogen (secondary N) is 1. The molecule has 0 aromatic carbocycles. The van der Waals surface area contributed by atoms with Gasteiger partial charge in [0.1, 0.15) is 6.10 Å². The first-order valence-electron chi connectivity index (χ1n) is 8.88. The summed E-state index contributed by atoms with van der Waals surface area (Å²) in [5, 5.41) is 3.42. The van der Waals surface area contributed by atoms with Crippen LogP contribution in [0.15, 0.2) is 12.4 Å². The SMILES string of the molecule is CCCOc1nccnc1NC1CCN(C(=O)[C@H]2CCCO2)CC1. The molecule has 2 aliphatic rings. The number of amides is 1. The number of carbonyl (C=O) groups is 1. The normalized spacial score (nSPS) is 21.7. The van der Waals surface area contributed by atoms with Crippen molar-refractivity contribution in [2.75, 3.05) is 31.6 Å². The zero-order valence-electron chi connectivity index (χ0n) is 14.2. The fraction of sp³-hybridized carbons (Fsp3) is 0.706. The van der Waals surface area contributed by atoms with Crippen molar-refractivity contribution >= 4 is 11.7 Å². The second-order valence-corrected chi connectivity index (χ2v) is 6.30. The van der Waals surface area contributed by atoms with Gasteiger partial charge in [-0.1, -0.05) is 6.92 Å². The fourth-order valence-electron chi connectivity index (χ4n) is 3.14. The van der Waals surface area contributed by atoms with Gasteiger partial charge in [0.25, 0.3) is 11.8 Å². The van der Waals surface area contributed by atoms with Crippen molar-refractivity contribution in [2.24, 2.45) is 0 Å². The molecule has 0 spiro atoms. The van der Waals surface area contributed by atoms with Crippen molar-refractivity contribution in [1.82, 2.24) is 14.9 Å². The van der Waals surface area contributed by atoms with E-state index in [2.05, 4.69) is 22.2 Å². The zero-order chi connectivity index (χ0) is 16.8. The fourth-order valence-corrected chi connectivity index (χ4v) is 3.14. The van der Waals surface area contributed by atoms with Crippen LogP contribution in [0.2, 0.25) is 0 Å². The summed E-state index contributed by atoms with van der Waals surface area (Å²) in [5.74, 6) is 1.39. The summed E-state index contributed by atoms with van der Waals surface area (Å²) < 4.78 is 11.1. The van der Waals surface area contributed by atoms with Gasteiger partial charge in [-0.2, -0.15) is 0 Å². The Balaban J connectivity index is 1.51. The number of piperidine rings is 1. The van der Waals surface area contributed by atoms with E-state index in [1.807, 2.05) is 4.90 Å². The number of carbonyl (C=O) groups excluding carboxylic acids is 1. The zero-order valence-corrected chi connectivity index (χ0v) is 14.2. The highest BCUT2D eigenvalue weighted by molar-refractivity contribution is 5.81. The Morgan fingerprint density at radius 3 is 2.83 bits per heavy atom. The largest absolute Gasteiger partial charge is 0.475 e. The topological polar surface area (TPSA) is 76.6 Å². The molecule has 1 aromatic heterocycles. The summed E-state index contributed by atoms with van der Waals surface area (Å²) in [6.45, 7) is 4.90. The van der Waals surface area contributed by atoms with Crippen LogP contribution in [0.25, 0.3) is 0 Å². The molecule has 1 atom stereocenters. The molecule has 1 N–H and O–H groups in total. The second kappa shape index (κ2) is 8.28. The van der Waals surface area contributed by atoms with E-state index in [0.717, 1.165) is 45.2 Å². The van der Waals surface area contributed by atoms with Crippen LogP contribution in [-0.4, -0.2) is 59.2 Å². The van der Waals surface area contributed by atoms with E-state index < -0.39 is 0 Å². The van der Waals surface area contributed by atoms with E-state index in [0.29, 0.717) is 24.9 Å². The predicted molar refractivity (Wildman–Crippen MR) is 90.0 cm³/mol. The van der Waals surface area contributed by atoms with E-state index >= 15 is 0 Å². The van der Waals surface area contributed by atoms with E-state index in [9.17, 15) is 4.79 Å². The molecule has 7 heteroatoms. The maximum absolute atomic E-state index is 12.4. The summed E-state index contributed by atoms with van der Waals surface area (Å²) in [4.78, 5) is 22.9. The molecule has 2 fully saturated rings. The van der Waals surface area contributed by atoms with Crippen molar-refractivity contribution in [1.29, 1.82) is 0 Å². The quantitative estimate of drug-likeness (QED) is 0.855. The lowest BCUT2D eigenvalue weighted by Crippen LogP contribution is -2.46. The van der Waals surface area contributed by atoms with Crippen LogP contribution in [0.5, 0.6) is 5.88 Å². The molecule has 0 saturated carbocycles. The van der Waals surface area contributed by atoms with Gasteiger partial charge in [-0.25, -0.2) is 9.97 Å². The van der Waals surface area contributed by atoms with E-state index in [1.54, 1.807) is 12.4 Å². The number of anilines is 1. The lowest BCUT2D eigenvalue weighted by atomic mass is 10.0. The van der Waals surface area contributed by atoms with Crippen LogP contribution in [0, 0.1) is 0 Å². The minimum Gasteiger partial charge on any atom is -0.475 e. The van der Waals surface area contributed by atoms with Gasteiger partial charge in [-0.3, -0.25) is 4.79 Å². The molecule has 3 rings (SSSR count). The molecule has 0 bridgehead atoms. The van der Waals surface area contributed by atoms with Gasteiger partial charge >= 0.3 is 0 Å². The first-order chi connectivity index (χ1) is 11.8. The standard InChI is InChI=1S/C17H26N4O3/c1-2-11-24-16-15(18-7-8-19-16)20-13-5-9-21(10-6-13)17(22)14-4-3-12-23-14/h7-8,13-14H,2-6,9-12H2,1H3,(H,18,20)/t14-/m1/s1. The summed E-state index contributed by atoms with van der Waals surface area (Å²) in [6, 6.07) is 0.277. The number of nitrogens with zero attached hydrogens (tertiary/aromatic N) is 3. The van der Waals surface area contributed by atoms with Crippen molar-refractivity contribution in [3.63, 3.8) is 0 Å². The third kappa shape index (κ3) is 4.14. The molecule has 7 nitrogen and oxygen atoms in total. The molecule has 24 heavy (non-hydrogen) atoms. The maximum atomic E-state index is 12.4. The Hall–Kier alpha value is -1.89. The smallest absolute Gasteiger partial charge is 0.257 e. The molecule has 3 heterocycles. The van der Waals surface area contributed by atoms with Crippen molar-refractivity contribution in [3.05, 3.63) is 12.4 Å². The van der Waals surface area contributed by atoms with Crippen LogP contribution >= 0.6 is 0 Å². The van der Waals surface area contributed by atoms with Gasteiger partial charge < -0.3 is 19.7 Å². The first kappa shape index (κ1) is 17.0. The monoisotopic (exact) mass is 334 g/mol. The third-order valence-electron chi connectivity index (χ3n) is 4.46. The summed E-state index contributed by atoms with van der Waals surface area (Å²) in [5.41, 5.74) is 0. The van der Waals surface area contributed by atoms with Crippen LogP contribution in [0.3, 0.4) is 0 Å². The third-order valence-corrected chi connectivity index (χ3v) is 4.46. The first-order valence-corrected chi connectivity index (χ1v) is 8.88. The van der Waals surface area contributed by atoms with Crippen LogP contribution in [0.1, 0.15) is 39.0 Å². The predicted octanol–water partition coefficient (Wildman–Crippen LogP) is 1.85. The lowest BCUT2D eigenvalue weighted by Gasteiger charge is -2.33. The molecular formula is C17H26N4O3. The number of likely N-dealkylation sites (tertiary alicyclic amines) is 1. The van der Waals surface area contributed by atoms with Gasteiger partial charge in [0.05, 0.1) is 6.61 Å². The Morgan fingerprint density at radius 2 is 2.12 bits per heavy atom. The Bertz CT molecular complexity index is 540.